The molecule has 0 radical (unpaired) electrons. The molecule has 0 aliphatic rings. The number of hydrogen-bond acceptors (Lipinski definition) is 6. The summed E-state index contributed by atoms with van der Waals surface area (Å²) in [5.41, 5.74) is 1.93. The van der Waals surface area contributed by atoms with Crippen molar-refractivity contribution >= 4 is 6.09 Å². The number of carbonyl (C=O) groups is 1. The lowest BCUT2D eigenvalue weighted by Gasteiger charge is -2.20. The molecule has 0 bridgehead atoms. The van der Waals surface area contributed by atoms with E-state index < -0.39 is 18.3 Å². The average Bonchev–Trinajstić information content (AvgIpc) is 2.81. The molecule has 0 saturated carbocycles. The van der Waals surface area contributed by atoms with E-state index in [4.69, 9.17) is 9.47 Å². The first-order valence-electron chi connectivity index (χ1n) is 9.83. The number of carbonyl (C=O) groups excluding carboxylic acids is 1. The molecule has 3 rings (SSSR count). The highest BCUT2D eigenvalue weighted by Crippen LogP contribution is 2.30. The Labute approximate surface area is 180 Å². The topological polar surface area (TPSA) is 108 Å². The van der Waals surface area contributed by atoms with E-state index in [1.165, 1.54) is 12.1 Å². The number of aromatic hydroxyl groups is 1. The second kappa shape index (κ2) is 11.0. The predicted octanol–water partition coefficient (Wildman–Crippen LogP) is 3.29. The van der Waals surface area contributed by atoms with Crippen LogP contribution in [0, 0.1) is 0 Å². The Kier molecular flexibility index (Phi) is 7.86. The number of ether oxygens (including phenoxy) is 2. The maximum absolute atomic E-state index is 11.8. The summed E-state index contributed by atoms with van der Waals surface area (Å²) in [6, 6.07) is 23.2. The van der Waals surface area contributed by atoms with Crippen molar-refractivity contribution in [1.29, 1.82) is 0 Å². The smallest absolute Gasteiger partial charge is 0.407 e. The summed E-state index contributed by atoms with van der Waals surface area (Å²) in [5, 5.41) is 33.2. The second-order valence-corrected chi connectivity index (χ2v) is 6.95. The molecule has 3 aromatic carbocycles. The van der Waals surface area contributed by atoms with Crippen LogP contribution in [0.15, 0.2) is 78.9 Å². The van der Waals surface area contributed by atoms with Crippen molar-refractivity contribution in [2.75, 3.05) is 6.54 Å². The van der Waals surface area contributed by atoms with E-state index in [9.17, 15) is 20.1 Å². The number of nitrogens with one attached hydrogen (secondary N) is 1. The van der Waals surface area contributed by atoms with Crippen LogP contribution in [-0.2, 0) is 18.0 Å². The minimum absolute atomic E-state index is 0.0938. The van der Waals surface area contributed by atoms with Crippen molar-refractivity contribution in [2.24, 2.45) is 0 Å². The van der Waals surface area contributed by atoms with E-state index in [2.05, 4.69) is 5.32 Å². The molecule has 2 atom stereocenters. The molecule has 3 aromatic rings. The van der Waals surface area contributed by atoms with E-state index in [0.29, 0.717) is 12.4 Å². The first-order valence-corrected chi connectivity index (χ1v) is 9.83. The van der Waals surface area contributed by atoms with E-state index in [1.54, 1.807) is 6.07 Å². The van der Waals surface area contributed by atoms with Crippen LogP contribution < -0.4 is 10.1 Å². The summed E-state index contributed by atoms with van der Waals surface area (Å²) in [6.45, 7) is 0.177. The van der Waals surface area contributed by atoms with Gasteiger partial charge in [-0.15, -0.1) is 0 Å². The number of rotatable bonds is 9. The van der Waals surface area contributed by atoms with Gasteiger partial charge in [-0.2, -0.15) is 0 Å². The van der Waals surface area contributed by atoms with Crippen LogP contribution in [0.3, 0.4) is 0 Å². The van der Waals surface area contributed by atoms with Gasteiger partial charge in [0, 0.05) is 18.2 Å². The predicted molar refractivity (Wildman–Crippen MR) is 114 cm³/mol. The van der Waals surface area contributed by atoms with Gasteiger partial charge in [-0.3, -0.25) is 0 Å². The molecule has 0 aliphatic heterocycles. The highest BCUT2D eigenvalue weighted by Gasteiger charge is 2.22. The standard InChI is InChI=1S/C24H25NO6/c26-21-13-19(30-15-17-7-3-1-4-8-17)11-12-20(21)23(28)22(27)14-25-24(29)31-16-18-9-5-2-6-10-18/h1-13,22-23,26-28H,14-16H2,(H,25,29). The number of alkyl carbamates (subject to hydrolysis) is 1. The maximum atomic E-state index is 11.8. The Balaban J connectivity index is 1.48. The average molecular weight is 423 g/mol. The summed E-state index contributed by atoms with van der Waals surface area (Å²) in [7, 11) is 0. The molecule has 0 saturated heterocycles. The largest absolute Gasteiger partial charge is 0.507 e. The number of benzene rings is 3. The van der Waals surface area contributed by atoms with E-state index in [1.807, 2.05) is 60.7 Å². The van der Waals surface area contributed by atoms with Crippen molar-refractivity contribution in [2.45, 2.75) is 25.4 Å². The molecule has 0 aromatic heterocycles. The third kappa shape index (κ3) is 6.74. The number of phenolic OH excluding ortho intramolecular Hbond substituents is 1. The van der Waals surface area contributed by atoms with Gasteiger partial charge in [0.2, 0.25) is 0 Å². The molecule has 0 heterocycles. The van der Waals surface area contributed by atoms with Crippen molar-refractivity contribution < 1.29 is 29.6 Å². The van der Waals surface area contributed by atoms with Crippen LogP contribution in [0.5, 0.6) is 11.5 Å². The van der Waals surface area contributed by atoms with Gasteiger partial charge in [0.05, 0.1) is 0 Å². The molecule has 31 heavy (non-hydrogen) atoms. The number of amides is 1. The van der Waals surface area contributed by atoms with Gasteiger partial charge in [-0.25, -0.2) is 4.79 Å². The SMILES string of the molecule is O=C(NCC(O)C(O)c1ccc(OCc2ccccc2)cc1O)OCc1ccccc1. The molecule has 0 spiro atoms. The number of aliphatic hydroxyl groups excluding tert-OH is 2. The highest BCUT2D eigenvalue weighted by atomic mass is 16.5. The third-order valence-corrected chi connectivity index (χ3v) is 4.60. The fraction of sp³-hybridized carbons (Fsp3) is 0.208. The Morgan fingerprint density at radius 3 is 2.10 bits per heavy atom. The van der Waals surface area contributed by atoms with Crippen molar-refractivity contribution in [3.8, 4) is 11.5 Å². The monoisotopic (exact) mass is 423 g/mol. The Hall–Kier alpha value is -3.55. The zero-order chi connectivity index (χ0) is 22.1. The highest BCUT2D eigenvalue weighted by molar-refractivity contribution is 5.67. The summed E-state index contributed by atoms with van der Waals surface area (Å²) in [5.74, 6) is 0.207. The zero-order valence-electron chi connectivity index (χ0n) is 16.8. The minimum atomic E-state index is -1.41. The molecule has 0 fully saturated rings. The fourth-order valence-electron chi connectivity index (χ4n) is 2.89. The van der Waals surface area contributed by atoms with Crippen LogP contribution in [0.1, 0.15) is 22.8 Å². The first kappa shape index (κ1) is 22.1. The van der Waals surface area contributed by atoms with E-state index in [0.717, 1.165) is 11.1 Å². The molecule has 4 N–H and O–H groups in total. The minimum Gasteiger partial charge on any atom is -0.507 e. The first-order chi connectivity index (χ1) is 15.0. The molecule has 7 nitrogen and oxygen atoms in total. The third-order valence-electron chi connectivity index (χ3n) is 4.60. The summed E-state index contributed by atoms with van der Waals surface area (Å²) in [4.78, 5) is 11.8. The Morgan fingerprint density at radius 2 is 1.48 bits per heavy atom. The molecule has 2 unspecified atom stereocenters. The van der Waals surface area contributed by atoms with E-state index >= 15 is 0 Å². The van der Waals surface area contributed by atoms with Crippen molar-refractivity contribution in [3.63, 3.8) is 0 Å². The van der Waals surface area contributed by atoms with Crippen LogP contribution in [0.4, 0.5) is 4.79 Å². The number of aliphatic hydroxyl groups is 2. The zero-order valence-corrected chi connectivity index (χ0v) is 16.8. The summed E-state index contributed by atoms with van der Waals surface area (Å²) >= 11 is 0. The van der Waals surface area contributed by atoms with Gasteiger partial charge in [0.15, 0.2) is 0 Å². The lowest BCUT2D eigenvalue weighted by molar-refractivity contribution is 0.0171. The molecular formula is C24H25NO6. The molecule has 162 valence electrons. The summed E-state index contributed by atoms with van der Waals surface area (Å²) < 4.78 is 10.7. The lowest BCUT2D eigenvalue weighted by atomic mass is 10.0. The summed E-state index contributed by atoms with van der Waals surface area (Å²) in [6.07, 6.45) is -3.46. The quantitative estimate of drug-likeness (QED) is 0.421. The van der Waals surface area contributed by atoms with Gasteiger partial charge in [0.1, 0.15) is 36.9 Å². The Morgan fingerprint density at radius 1 is 0.871 bits per heavy atom. The van der Waals surface area contributed by atoms with Gasteiger partial charge >= 0.3 is 6.09 Å². The number of hydrogen-bond donors (Lipinski definition) is 4. The Bertz CT molecular complexity index is 964. The second-order valence-electron chi connectivity index (χ2n) is 6.95. The lowest BCUT2D eigenvalue weighted by Crippen LogP contribution is -2.35. The molecule has 1 amide bonds. The maximum Gasteiger partial charge on any atom is 0.407 e. The van der Waals surface area contributed by atoms with Crippen LogP contribution in [0.2, 0.25) is 0 Å². The molecule has 7 heteroatoms. The van der Waals surface area contributed by atoms with Crippen LogP contribution in [0.25, 0.3) is 0 Å². The van der Waals surface area contributed by atoms with Gasteiger partial charge < -0.3 is 30.1 Å². The molecular weight excluding hydrogens is 398 g/mol. The van der Waals surface area contributed by atoms with Crippen LogP contribution >= 0.6 is 0 Å². The van der Waals surface area contributed by atoms with Gasteiger partial charge in [0.25, 0.3) is 0 Å². The van der Waals surface area contributed by atoms with Crippen LogP contribution in [-0.4, -0.2) is 34.1 Å². The van der Waals surface area contributed by atoms with Crippen molar-refractivity contribution in [3.05, 3.63) is 95.6 Å². The van der Waals surface area contributed by atoms with Gasteiger partial charge in [-0.05, 0) is 23.3 Å². The van der Waals surface area contributed by atoms with Crippen molar-refractivity contribution in [1.82, 2.24) is 5.32 Å². The normalized spacial score (nSPS) is 12.6. The van der Waals surface area contributed by atoms with E-state index in [-0.39, 0.29) is 24.5 Å². The molecule has 0 aliphatic carbocycles. The van der Waals surface area contributed by atoms with Gasteiger partial charge in [-0.1, -0.05) is 60.7 Å². The number of phenols is 1. The fourth-order valence-corrected chi connectivity index (χ4v) is 2.89.